The molecule has 2 N–H and O–H groups in total. The van der Waals surface area contributed by atoms with Crippen LogP contribution < -0.4 is 10.6 Å². The Morgan fingerprint density at radius 1 is 1.35 bits per heavy atom. The predicted octanol–water partition coefficient (Wildman–Crippen LogP) is 2.03. The molecule has 0 aliphatic heterocycles. The van der Waals surface area contributed by atoms with Gasteiger partial charge in [0, 0.05) is 49.9 Å². The molecule has 1 unspecified atom stereocenters. The van der Waals surface area contributed by atoms with Gasteiger partial charge in [-0.25, -0.2) is 0 Å². The third-order valence-corrected chi connectivity index (χ3v) is 2.59. The van der Waals surface area contributed by atoms with Crippen molar-refractivity contribution in [3.63, 3.8) is 0 Å². The average Bonchev–Trinajstić information content (AvgIpc) is 2.34. The zero-order valence-electron chi connectivity index (χ0n) is 11.2. The molecule has 1 atom stereocenters. The molecule has 1 aromatic rings. The SMILES string of the molecule is COC(C)CNc1ccncc1CNC(C)C. The van der Waals surface area contributed by atoms with Crippen LogP contribution in [0.15, 0.2) is 18.5 Å². The van der Waals surface area contributed by atoms with E-state index in [1.54, 1.807) is 13.3 Å². The minimum atomic E-state index is 0.203. The lowest BCUT2D eigenvalue weighted by Gasteiger charge is -2.16. The van der Waals surface area contributed by atoms with Crippen molar-refractivity contribution in [1.29, 1.82) is 0 Å². The molecule has 0 saturated carbocycles. The van der Waals surface area contributed by atoms with Crippen molar-refractivity contribution >= 4 is 5.69 Å². The maximum absolute atomic E-state index is 5.22. The highest BCUT2D eigenvalue weighted by molar-refractivity contribution is 5.49. The average molecular weight is 237 g/mol. The standard InChI is InChI=1S/C13H23N3O/c1-10(2)15-9-12-8-14-6-5-13(12)16-7-11(3)17-4/h5-6,8,10-11,15H,7,9H2,1-4H3,(H,14,16). The van der Waals surface area contributed by atoms with Crippen molar-refractivity contribution in [2.75, 3.05) is 19.0 Å². The summed E-state index contributed by atoms with van der Waals surface area (Å²) in [6.45, 7) is 7.94. The Labute approximate surface area is 104 Å². The van der Waals surface area contributed by atoms with Gasteiger partial charge in [0.05, 0.1) is 6.10 Å². The number of pyridine rings is 1. The van der Waals surface area contributed by atoms with Gasteiger partial charge in [0.25, 0.3) is 0 Å². The second-order valence-corrected chi connectivity index (χ2v) is 4.50. The first-order chi connectivity index (χ1) is 8.13. The normalized spacial score (nSPS) is 12.8. The molecule has 96 valence electrons. The van der Waals surface area contributed by atoms with Crippen molar-refractivity contribution in [3.8, 4) is 0 Å². The van der Waals surface area contributed by atoms with Gasteiger partial charge in [0.1, 0.15) is 0 Å². The highest BCUT2D eigenvalue weighted by Crippen LogP contribution is 2.13. The van der Waals surface area contributed by atoms with E-state index in [2.05, 4.69) is 29.5 Å². The molecule has 4 nitrogen and oxygen atoms in total. The Hall–Kier alpha value is -1.13. The highest BCUT2D eigenvalue weighted by Gasteiger charge is 2.04. The van der Waals surface area contributed by atoms with Crippen molar-refractivity contribution < 1.29 is 4.74 Å². The molecule has 1 aromatic heterocycles. The smallest absolute Gasteiger partial charge is 0.0715 e. The summed E-state index contributed by atoms with van der Waals surface area (Å²) >= 11 is 0. The van der Waals surface area contributed by atoms with Gasteiger partial charge in [-0.05, 0) is 13.0 Å². The Balaban J connectivity index is 2.57. The maximum Gasteiger partial charge on any atom is 0.0715 e. The molecule has 17 heavy (non-hydrogen) atoms. The summed E-state index contributed by atoms with van der Waals surface area (Å²) in [5.74, 6) is 0. The first-order valence-corrected chi connectivity index (χ1v) is 6.06. The topological polar surface area (TPSA) is 46.2 Å². The Morgan fingerprint density at radius 3 is 2.76 bits per heavy atom. The quantitative estimate of drug-likeness (QED) is 0.761. The van der Waals surface area contributed by atoms with Crippen LogP contribution in [0.3, 0.4) is 0 Å². The summed E-state index contributed by atoms with van der Waals surface area (Å²) in [5, 5.41) is 6.78. The Morgan fingerprint density at radius 2 is 2.12 bits per heavy atom. The molecule has 4 heteroatoms. The van der Waals surface area contributed by atoms with Gasteiger partial charge in [-0.1, -0.05) is 13.8 Å². The Bertz CT molecular complexity index is 328. The van der Waals surface area contributed by atoms with Gasteiger partial charge in [-0.15, -0.1) is 0 Å². The van der Waals surface area contributed by atoms with Crippen LogP contribution in [-0.2, 0) is 11.3 Å². The van der Waals surface area contributed by atoms with Gasteiger partial charge in [0.2, 0.25) is 0 Å². The molecule has 0 aliphatic rings. The second kappa shape index (κ2) is 7.25. The largest absolute Gasteiger partial charge is 0.382 e. The number of anilines is 1. The molecule has 1 heterocycles. The van der Waals surface area contributed by atoms with E-state index in [1.807, 2.05) is 19.2 Å². The van der Waals surface area contributed by atoms with E-state index in [-0.39, 0.29) is 6.10 Å². The first kappa shape index (κ1) is 13.9. The fourth-order valence-electron chi connectivity index (χ4n) is 1.39. The number of ether oxygens (including phenoxy) is 1. The van der Waals surface area contributed by atoms with E-state index in [9.17, 15) is 0 Å². The van der Waals surface area contributed by atoms with Crippen LogP contribution in [0.25, 0.3) is 0 Å². The van der Waals surface area contributed by atoms with Gasteiger partial charge < -0.3 is 15.4 Å². The van der Waals surface area contributed by atoms with Crippen molar-refractivity contribution in [2.24, 2.45) is 0 Å². The molecule has 0 amide bonds. The number of aromatic nitrogens is 1. The van der Waals surface area contributed by atoms with E-state index >= 15 is 0 Å². The maximum atomic E-state index is 5.22. The summed E-state index contributed by atoms with van der Waals surface area (Å²) in [4.78, 5) is 4.16. The summed E-state index contributed by atoms with van der Waals surface area (Å²) in [7, 11) is 1.72. The number of methoxy groups -OCH3 is 1. The van der Waals surface area contributed by atoms with Crippen LogP contribution in [-0.4, -0.2) is 30.8 Å². The molecule has 1 rings (SSSR count). The Kier molecular flexibility index (Phi) is 5.94. The van der Waals surface area contributed by atoms with E-state index in [0.717, 1.165) is 18.8 Å². The van der Waals surface area contributed by atoms with Gasteiger partial charge in [0.15, 0.2) is 0 Å². The zero-order valence-corrected chi connectivity index (χ0v) is 11.2. The fraction of sp³-hybridized carbons (Fsp3) is 0.615. The molecule has 0 saturated heterocycles. The molecule has 0 aromatic carbocycles. The number of nitrogens with zero attached hydrogens (tertiary/aromatic N) is 1. The van der Waals surface area contributed by atoms with Crippen LogP contribution in [0.2, 0.25) is 0 Å². The van der Waals surface area contributed by atoms with Crippen LogP contribution in [0.4, 0.5) is 5.69 Å². The van der Waals surface area contributed by atoms with Crippen molar-refractivity contribution in [1.82, 2.24) is 10.3 Å². The molecule has 0 spiro atoms. The predicted molar refractivity (Wildman–Crippen MR) is 71.2 cm³/mol. The molecule has 0 fully saturated rings. The number of hydrogen-bond donors (Lipinski definition) is 2. The van der Waals surface area contributed by atoms with Crippen LogP contribution in [0.5, 0.6) is 0 Å². The summed E-state index contributed by atoms with van der Waals surface area (Å²) < 4.78 is 5.22. The second-order valence-electron chi connectivity index (χ2n) is 4.50. The van der Waals surface area contributed by atoms with Gasteiger partial charge in [-0.3, -0.25) is 4.98 Å². The first-order valence-electron chi connectivity index (χ1n) is 6.06. The molecule has 0 aliphatic carbocycles. The molecule has 0 bridgehead atoms. The highest BCUT2D eigenvalue weighted by atomic mass is 16.5. The van der Waals surface area contributed by atoms with Crippen LogP contribution >= 0.6 is 0 Å². The monoisotopic (exact) mass is 237 g/mol. The van der Waals surface area contributed by atoms with Crippen molar-refractivity contribution in [2.45, 2.75) is 39.5 Å². The van der Waals surface area contributed by atoms with E-state index in [0.29, 0.717) is 6.04 Å². The summed E-state index contributed by atoms with van der Waals surface area (Å²) in [5.41, 5.74) is 2.31. The lowest BCUT2D eigenvalue weighted by Crippen LogP contribution is -2.24. The summed E-state index contributed by atoms with van der Waals surface area (Å²) in [6, 6.07) is 2.47. The lowest BCUT2D eigenvalue weighted by molar-refractivity contribution is 0.129. The number of rotatable bonds is 7. The third kappa shape index (κ3) is 5.15. The van der Waals surface area contributed by atoms with E-state index < -0.39 is 0 Å². The van der Waals surface area contributed by atoms with Gasteiger partial charge in [-0.2, -0.15) is 0 Å². The lowest BCUT2D eigenvalue weighted by atomic mass is 10.2. The van der Waals surface area contributed by atoms with Crippen LogP contribution in [0, 0.1) is 0 Å². The van der Waals surface area contributed by atoms with Crippen LogP contribution in [0.1, 0.15) is 26.3 Å². The van der Waals surface area contributed by atoms with Crippen molar-refractivity contribution in [3.05, 3.63) is 24.0 Å². The van der Waals surface area contributed by atoms with E-state index in [4.69, 9.17) is 4.74 Å². The minimum absolute atomic E-state index is 0.203. The molecular weight excluding hydrogens is 214 g/mol. The fourth-order valence-corrected chi connectivity index (χ4v) is 1.39. The zero-order chi connectivity index (χ0) is 12.7. The molecule has 0 radical (unpaired) electrons. The minimum Gasteiger partial charge on any atom is -0.382 e. The molecular formula is C13H23N3O. The van der Waals surface area contributed by atoms with E-state index in [1.165, 1.54) is 5.56 Å². The van der Waals surface area contributed by atoms with Gasteiger partial charge >= 0.3 is 0 Å². The number of hydrogen-bond acceptors (Lipinski definition) is 4. The third-order valence-electron chi connectivity index (χ3n) is 2.59. The number of nitrogens with one attached hydrogen (secondary N) is 2. The summed E-state index contributed by atoms with van der Waals surface area (Å²) in [6.07, 6.45) is 3.91.